The monoisotopic (exact) mass is 659 g/mol. The van der Waals surface area contributed by atoms with Gasteiger partial charge in [0.05, 0.1) is 11.4 Å². The van der Waals surface area contributed by atoms with Crippen LogP contribution in [0.4, 0.5) is 0 Å². The van der Waals surface area contributed by atoms with Gasteiger partial charge in [-0.05, 0) is 75.6 Å². The normalized spacial score (nSPS) is 25.4. The van der Waals surface area contributed by atoms with E-state index in [1.807, 2.05) is 0 Å². The molecular formula is C48H41N3. The lowest BCUT2D eigenvalue weighted by molar-refractivity contribution is 0.583. The standard InChI is InChI=1S/C48H41N3/c1-32-30-37-22-24-39(32)45(33-14-6-2-7-15-33)38-23-25-40(49-31-38)47(35-18-10-4-11-19-35)42-28-29-44(51-42)48(36-20-12-5-13-21-36)43-27-26-41(50-43)46(37)34-16-8-3-9-17-34/h2-25,28-30,32,43,48-50H,26-27,31H2,1H3/b45-39+,46-41-,47-42?/t32-,43?,48?/m1/s1. The van der Waals surface area contributed by atoms with Gasteiger partial charge in [-0.15, -0.1) is 0 Å². The van der Waals surface area contributed by atoms with Crippen LogP contribution in [-0.2, 0) is 0 Å². The van der Waals surface area contributed by atoms with E-state index in [4.69, 9.17) is 4.99 Å². The van der Waals surface area contributed by atoms with Gasteiger partial charge in [-0.3, -0.25) is 4.99 Å². The van der Waals surface area contributed by atoms with Crippen molar-refractivity contribution in [2.24, 2.45) is 10.9 Å². The van der Waals surface area contributed by atoms with Crippen LogP contribution in [0.1, 0.15) is 47.9 Å². The number of allylic oxidation sites excluding steroid dienone is 12. The number of nitrogens with zero attached hydrogens (tertiary/aromatic N) is 1. The van der Waals surface area contributed by atoms with Crippen molar-refractivity contribution in [2.75, 3.05) is 6.54 Å². The molecule has 12 rings (SSSR count). The van der Waals surface area contributed by atoms with Crippen LogP contribution in [0.2, 0.25) is 0 Å². The molecule has 8 aliphatic rings. The number of hydrogen-bond donors (Lipinski definition) is 2. The van der Waals surface area contributed by atoms with Crippen LogP contribution in [0.25, 0.3) is 16.7 Å². The molecule has 0 radical (unpaired) electrons. The third kappa shape index (κ3) is 5.89. The van der Waals surface area contributed by atoms with Crippen molar-refractivity contribution < 1.29 is 0 Å². The molecule has 0 aromatic heterocycles. The number of aliphatic imine (C=N–C) groups is 1. The second-order valence-corrected chi connectivity index (χ2v) is 14.0. The van der Waals surface area contributed by atoms with Crippen LogP contribution >= 0.6 is 0 Å². The quantitative estimate of drug-likeness (QED) is 0.229. The summed E-state index contributed by atoms with van der Waals surface area (Å²) in [5.74, 6) is 0.318. The third-order valence-electron chi connectivity index (χ3n) is 10.8. The molecule has 2 unspecified atom stereocenters. The van der Waals surface area contributed by atoms with Gasteiger partial charge in [0.1, 0.15) is 0 Å². The summed E-state index contributed by atoms with van der Waals surface area (Å²) >= 11 is 0. The van der Waals surface area contributed by atoms with E-state index in [0.717, 1.165) is 47.6 Å². The lowest BCUT2D eigenvalue weighted by Crippen LogP contribution is -2.33. The molecule has 4 aromatic carbocycles. The molecule has 51 heavy (non-hydrogen) atoms. The molecule has 1 saturated heterocycles. The predicted molar refractivity (Wildman–Crippen MR) is 213 cm³/mol. The van der Waals surface area contributed by atoms with E-state index in [1.54, 1.807) is 0 Å². The molecule has 7 heterocycles. The molecule has 0 saturated carbocycles. The molecule has 0 amide bonds. The third-order valence-corrected chi connectivity index (χ3v) is 10.8. The van der Waals surface area contributed by atoms with E-state index >= 15 is 0 Å². The van der Waals surface area contributed by atoms with Crippen molar-refractivity contribution in [3.63, 3.8) is 0 Å². The maximum atomic E-state index is 5.48. The van der Waals surface area contributed by atoms with E-state index in [2.05, 4.69) is 181 Å². The fourth-order valence-electron chi connectivity index (χ4n) is 8.44. The average molecular weight is 660 g/mol. The number of dihydropyridines is 1. The largest absolute Gasteiger partial charge is 0.384 e. The van der Waals surface area contributed by atoms with E-state index < -0.39 is 0 Å². The highest BCUT2D eigenvalue weighted by Crippen LogP contribution is 2.43. The Morgan fingerprint density at radius 2 is 1.25 bits per heavy atom. The molecule has 4 aromatic rings. The molecule has 248 valence electrons. The number of benzene rings is 4. The first-order valence-corrected chi connectivity index (χ1v) is 18.2. The lowest BCUT2D eigenvalue weighted by atomic mass is 9.80. The smallest absolute Gasteiger partial charge is 0.0733 e. The summed E-state index contributed by atoms with van der Waals surface area (Å²) in [4.78, 5) is 5.48. The summed E-state index contributed by atoms with van der Waals surface area (Å²) in [5.41, 5.74) is 17.1. The second kappa shape index (κ2) is 13.4. The fraction of sp³-hybridized carbons (Fsp3) is 0.146. The lowest BCUT2D eigenvalue weighted by Gasteiger charge is -2.28. The highest BCUT2D eigenvalue weighted by molar-refractivity contribution is 6.06. The zero-order valence-corrected chi connectivity index (χ0v) is 28.9. The van der Waals surface area contributed by atoms with Crippen molar-refractivity contribution >= 4 is 22.4 Å². The first kappa shape index (κ1) is 31.1. The van der Waals surface area contributed by atoms with Crippen LogP contribution in [0.3, 0.4) is 0 Å². The summed E-state index contributed by atoms with van der Waals surface area (Å²) in [7, 11) is 0. The van der Waals surface area contributed by atoms with Gasteiger partial charge in [-0.25, -0.2) is 0 Å². The van der Waals surface area contributed by atoms with Crippen molar-refractivity contribution in [1.29, 1.82) is 0 Å². The highest BCUT2D eigenvalue weighted by Gasteiger charge is 2.35. The van der Waals surface area contributed by atoms with Crippen LogP contribution < -0.4 is 10.6 Å². The van der Waals surface area contributed by atoms with Crippen molar-refractivity contribution in [3.8, 4) is 0 Å². The van der Waals surface area contributed by atoms with Gasteiger partial charge in [-0.1, -0.05) is 153 Å². The van der Waals surface area contributed by atoms with Crippen LogP contribution in [-0.4, -0.2) is 18.3 Å². The molecule has 1 aliphatic carbocycles. The van der Waals surface area contributed by atoms with E-state index in [9.17, 15) is 0 Å². The topological polar surface area (TPSA) is 36.4 Å². The molecule has 3 nitrogen and oxygen atoms in total. The van der Waals surface area contributed by atoms with Gasteiger partial charge >= 0.3 is 0 Å². The minimum absolute atomic E-state index is 0.0999. The van der Waals surface area contributed by atoms with Gasteiger partial charge in [0.25, 0.3) is 0 Å². The maximum Gasteiger partial charge on any atom is 0.0733 e. The zero-order valence-electron chi connectivity index (χ0n) is 28.9. The van der Waals surface area contributed by atoms with E-state index in [0.29, 0.717) is 0 Å². The molecule has 3 heteroatoms. The van der Waals surface area contributed by atoms with Crippen molar-refractivity contribution in [2.45, 2.75) is 31.7 Å². The predicted octanol–water partition coefficient (Wildman–Crippen LogP) is 10.4. The second-order valence-electron chi connectivity index (χ2n) is 14.0. The van der Waals surface area contributed by atoms with Gasteiger partial charge in [0, 0.05) is 47.0 Å². The van der Waals surface area contributed by atoms with Crippen molar-refractivity contribution in [1.82, 2.24) is 10.6 Å². The first-order chi connectivity index (χ1) is 25.2. The Kier molecular flexibility index (Phi) is 8.17. The Bertz CT molecular complexity index is 2260. The Labute approximate surface area is 301 Å². The van der Waals surface area contributed by atoms with Crippen LogP contribution in [0, 0.1) is 5.92 Å². The summed E-state index contributed by atoms with van der Waals surface area (Å²) in [6, 6.07) is 43.7. The minimum atomic E-state index is 0.0999. The molecule has 7 aliphatic heterocycles. The average Bonchev–Trinajstić information content (AvgIpc) is 3.86. The SMILES string of the molecule is C[C@@H]1C=C2C=C/C1=C(/c1ccccc1)C1=CC=C(NC1)C(c1ccccc1)=C1C=CC(=N1)C(c1ccccc1)C1CC/C(=C/2c2ccccc2)N1. The van der Waals surface area contributed by atoms with Crippen LogP contribution in [0.15, 0.2) is 203 Å². The maximum absolute atomic E-state index is 5.48. The molecule has 1 fully saturated rings. The summed E-state index contributed by atoms with van der Waals surface area (Å²) < 4.78 is 0. The zero-order chi connectivity index (χ0) is 34.1. The molecular weight excluding hydrogens is 619 g/mol. The number of nitrogens with one attached hydrogen (secondary N) is 2. The molecule has 3 atom stereocenters. The Hall–Kier alpha value is -5.93. The van der Waals surface area contributed by atoms with Gasteiger partial charge in [-0.2, -0.15) is 0 Å². The Balaban J connectivity index is 1.30. The minimum Gasteiger partial charge on any atom is -0.384 e. The molecule has 0 spiro atoms. The van der Waals surface area contributed by atoms with Gasteiger partial charge in [0.2, 0.25) is 0 Å². The summed E-state index contributed by atoms with van der Waals surface area (Å²) in [6.45, 7) is 3.07. The molecule has 8 bridgehead atoms. The summed E-state index contributed by atoms with van der Waals surface area (Å²) in [5, 5.41) is 7.97. The van der Waals surface area contributed by atoms with E-state index in [1.165, 1.54) is 50.3 Å². The number of hydrogen-bond acceptors (Lipinski definition) is 3. The van der Waals surface area contributed by atoms with Crippen molar-refractivity contribution in [3.05, 3.63) is 220 Å². The number of rotatable bonds is 4. The van der Waals surface area contributed by atoms with E-state index in [-0.39, 0.29) is 17.9 Å². The van der Waals surface area contributed by atoms with Crippen LogP contribution in [0.5, 0.6) is 0 Å². The Morgan fingerprint density at radius 3 is 1.88 bits per heavy atom. The highest BCUT2D eigenvalue weighted by atomic mass is 15.0. The fourth-order valence-corrected chi connectivity index (χ4v) is 8.44. The Morgan fingerprint density at radius 1 is 0.627 bits per heavy atom. The summed E-state index contributed by atoms with van der Waals surface area (Å²) in [6.07, 6.45) is 18.3. The van der Waals surface area contributed by atoms with Gasteiger partial charge < -0.3 is 10.6 Å². The molecule has 2 N–H and O–H groups in total. The first-order valence-electron chi connectivity index (χ1n) is 18.2. The van der Waals surface area contributed by atoms with Gasteiger partial charge in [0.15, 0.2) is 0 Å².